The van der Waals surface area contributed by atoms with E-state index >= 15 is 0 Å². The van der Waals surface area contributed by atoms with Crippen LogP contribution in [0.15, 0.2) is 47.1 Å². The van der Waals surface area contributed by atoms with Crippen LogP contribution in [-0.4, -0.2) is 12.9 Å². The van der Waals surface area contributed by atoms with Gasteiger partial charge in [0.15, 0.2) is 6.29 Å². The number of benzene rings is 1. The Morgan fingerprint density at radius 1 is 1.10 bits per heavy atom. The molecular formula is C18H24O3. The van der Waals surface area contributed by atoms with Crippen molar-refractivity contribution in [2.75, 3.05) is 6.61 Å². The molecule has 0 spiro atoms. The maximum Gasteiger partial charge on any atom is 0.196 e. The number of rotatable bonds is 8. The zero-order chi connectivity index (χ0) is 15.1. The van der Waals surface area contributed by atoms with Crippen molar-refractivity contribution in [1.82, 2.24) is 0 Å². The molecule has 2 unspecified atom stereocenters. The lowest BCUT2D eigenvalue weighted by Crippen LogP contribution is -2.17. The Hall–Kier alpha value is -1.74. The van der Waals surface area contributed by atoms with Gasteiger partial charge in [0.2, 0.25) is 0 Å². The van der Waals surface area contributed by atoms with Gasteiger partial charge >= 0.3 is 0 Å². The topological polar surface area (TPSA) is 31.6 Å². The standard InChI is InChI=1S/C18H24O3/c1-4-14(2)16-7-9-18(10-8-16)21-15(3)19-13-11-17-6-5-12-20-17/h5-10,12,14-15H,4,11,13H2,1-3H3. The molecule has 3 heteroatoms. The summed E-state index contributed by atoms with van der Waals surface area (Å²) in [5.41, 5.74) is 1.34. The van der Waals surface area contributed by atoms with Gasteiger partial charge in [-0.15, -0.1) is 0 Å². The number of ether oxygens (including phenoxy) is 2. The third-order valence-electron chi connectivity index (χ3n) is 3.64. The molecule has 0 saturated carbocycles. The number of hydrogen-bond donors (Lipinski definition) is 0. The first-order valence-corrected chi connectivity index (χ1v) is 7.59. The average molecular weight is 288 g/mol. The smallest absolute Gasteiger partial charge is 0.196 e. The summed E-state index contributed by atoms with van der Waals surface area (Å²) in [5, 5.41) is 0. The quantitative estimate of drug-likeness (QED) is 0.655. The minimum absolute atomic E-state index is 0.269. The van der Waals surface area contributed by atoms with Gasteiger partial charge in [-0.2, -0.15) is 0 Å². The molecule has 114 valence electrons. The van der Waals surface area contributed by atoms with E-state index in [4.69, 9.17) is 13.9 Å². The lowest BCUT2D eigenvalue weighted by molar-refractivity contribution is -0.0662. The largest absolute Gasteiger partial charge is 0.469 e. The molecule has 1 aromatic heterocycles. The molecule has 0 amide bonds. The van der Waals surface area contributed by atoms with E-state index in [2.05, 4.69) is 26.0 Å². The maximum atomic E-state index is 5.75. The summed E-state index contributed by atoms with van der Waals surface area (Å²) >= 11 is 0. The van der Waals surface area contributed by atoms with E-state index in [9.17, 15) is 0 Å². The van der Waals surface area contributed by atoms with Crippen LogP contribution in [0.4, 0.5) is 0 Å². The summed E-state index contributed by atoms with van der Waals surface area (Å²) in [6.45, 7) is 6.92. The van der Waals surface area contributed by atoms with Crippen molar-refractivity contribution in [2.24, 2.45) is 0 Å². The first-order valence-electron chi connectivity index (χ1n) is 7.59. The maximum absolute atomic E-state index is 5.75. The van der Waals surface area contributed by atoms with E-state index in [0.29, 0.717) is 12.5 Å². The van der Waals surface area contributed by atoms with Gasteiger partial charge in [-0.05, 0) is 49.1 Å². The van der Waals surface area contributed by atoms with Gasteiger partial charge in [0.1, 0.15) is 11.5 Å². The monoisotopic (exact) mass is 288 g/mol. The Labute approximate surface area is 126 Å². The molecule has 21 heavy (non-hydrogen) atoms. The predicted octanol–water partition coefficient (Wildman–Crippen LogP) is 4.78. The van der Waals surface area contributed by atoms with Crippen LogP contribution in [-0.2, 0) is 11.2 Å². The SMILES string of the molecule is CCC(C)c1ccc(OC(C)OCCc2ccco2)cc1. The van der Waals surface area contributed by atoms with Crippen molar-refractivity contribution in [3.63, 3.8) is 0 Å². The Balaban J connectivity index is 1.75. The van der Waals surface area contributed by atoms with Crippen molar-refractivity contribution >= 4 is 0 Å². The van der Waals surface area contributed by atoms with E-state index in [1.807, 2.05) is 31.2 Å². The third-order valence-corrected chi connectivity index (χ3v) is 3.64. The van der Waals surface area contributed by atoms with Crippen LogP contribution in [0.5, 0.6) is 5.75 Å². The van der Waals surface area contributed by atoms with E-state index in [-0.39, 0.29) is 6.29 Å². The molecule has 0 aliphatic carbocycles. The summed E-state index contributed by atoms with van der Waals surface area (Å²) in [6, 6.07) is 12.1. The lowest BCUT2D eigenvalue weighted by Gasteiger charge is -2.16. The third kappa shape index (κ3) is 4.94. The van der Waals surface area contributed by atoms with Crippen LogP contribution < -0.4 is 4.74 Å². The van der Waals surface area contributed by atoms with Crippen molar-refractivity contribution in [3.05, 3.63) is 54.0 Å². The van der Waals surface area contributed by atoms with E-state index in [0.717, 1.165) is 24.4 Å². The fourth-order valence-electron chi connectivity index (χ4n) is 2.12. The van der Waals surface area contributed by atoms with Crippen LogP contribution in [0.3, 0.4) is 0 Å². The van der Waals surface area contributed by atoms with Crippen LogP contribution in [0, 0.1) is 0 Å². The van der Waals surface area contributed by atoms with Crippen LogP contribution in [0.25, 0.3) is 0 Å². The zero-order valence-electron chi connectivity index (χ0n) is 13.0. The first-order chi connectivity index (χ1) is 10.2. The summed E-state index contributed by atoms with van der Waals surface area (Å²) in [6.07, 6.45) is 3.31. The number of hydrogen-bond acceptors (Lipinski definition) is 3. The van der Waals surface area contributed by atoms with Gasteiger partial charge in [0, 0.05) is 6.42 Å². The molecule has 2 atom stereocenters. The highest BCUT2D eigenvalue weighted by Gasteiger charge is 2.07. The van der Waals surface area contributed by atoms with Crippen molar-refractivity contribution < 1.29 is 13.9 Å². The minimum atomic E-state index is -0.269. The molecule has 0 aliphatic rings. The molecule has 0 aliphatic heterocycles. The van der Waals surface area contributed by atoms with Crippen LogP contribution in [0.1, 0.15) is 44.4 Å². The molecule has 3 nitrogen and oxygen atoms in total. The summed E-state index contributed by atoms with van der Waals surface area (Å²) in [7, 11) is 0. The van der Waals surface area contributed by atoms with Gasteiger partial charge in [-0.3, -0.25) is 0 Å². The van der Waals surface area contributed by atoms with Crippen molar-refractivity contribution in [3.8, 4) is 5.75 Å². The highest BCUT2D eigenvalue weighted by Crippen LogP contribution is 2.22. The predicted molar refractivity (Wildman–Crippen MR) is 83.6 cm³/mol. The molecular weight excluding hydrogens is 264 g/mol. The van der Waals surface area contributed by atoms with Gasteiger partial charge in [-0.25, -0.2) is 0 Å². The zero-order valence-corrected chi connectivity index (χ0v) is 13.0. The van der Waals surface area contributed by atoms with E-state index in [1.54, 1.807) is 6.26 Å². The van der Waals surface area contributed by atoms with Crippen molar-refractivity contribution in [1.29, 1.82) is 0 Å². The van der Waals surface area contributed by atoms with Gasteiger partial charge in [0.05, 0.1) is 12.9 Å². The minimum Gasteiger partial charge on any atom is -0.469 e. The van der Waals surface area contributed by atoms with Crippen LogP contribution >= 0.6 is 0 Å². The Bertz CT molecular complexity index is 502. The normalized spacial score (nSPS) is 13.9. The Kier molecular flexibility index (Phi) is 5.88. The lowest BCUT2D eigenvalue weighted by atomic mass is 9.99. The second-order valence-corrected chi connectivity index (χ2v) is 5.26. The van der Waals surface area contributed by atoms with E-state index in [1.165, 1.54) is 5.56 Å². The summed E-state index contributed by atoms with van der Waals surface area (Å²) in [4.78, 5) is 0. The number of furan rings is 1. The fraction of sp³-hybridized carbons (Fsp3) is 0.444. The fourth-order valence-corrected chi connectivity index (χ4v) is 2.12. The molecule has 0 N–H and O–H groups in total. The summed E-state index contributed by atoms with van der Waals surface area (Å²) < 4.78 is 16.6. The first kappa shape index (κ1) is 15.6. The molecule has 2 aromatic rings. The molecule has 1 aromatic carbocycles. The molecule has 0 saturated heterocycles. The van der Waals surface area contributed by atoms with Crippen LogP contribution in [0.2, 0.25) is 0 Å². The second-order valence-electron chi connectivity index (χ2n) is 5.26. The molecule has 1 heterocycles. The Morgan fingerprint density at radius 3 is 2.48 bits per heavy atom. The molecule has 0 bridgehead atoms. The Morgan fingerprint density at radius 2 is 1.86 bits per heavy atom. The highest BCUT2D eigenvalue weighted by molar-refractivity contribution is 5.29. The molecule has 0 radical (unpaired) electrons. The second kappa shape index (κ2) is 7.89. The average Bonchev–Trinajstić information content (AvgIpc) is 3.00. The van der Waals surface area contributed by atoms with Crippen molar-refractivity contribution in [2.45, 2.75) is 45.8 Å². The molecule has 2 rings (SSSR count). The van der Waals surface area contributed by atoms with E-state index < -0.39 is 0 Å². The highest BCUT2D eigenvalue weighted by atomic mass is 16.7. The van der Waals surface area contributed by atoms with Gasteiger partial charge in [-0.1, -0.05) is 26.0 Å². The molecule has 0 fully saturated rings. The van der Waals surface area contributed by atoms with Gasteiger partial charge < -0.3 is 13.9 Å². The van der Waals surface area contributed by atoms with Gasteiger partial charge in [0.25, 0.3) is 0 Å². The summed E-state index contributed by atoms with van der Waals surface area (Å²) in [5.74, 6) is 2.36.